The van der Waals surface area contributed by atoms with Crippen LogP contribution in [0.15, 0.2) is 54.6 Å². The highest BCUT2D eigenvalue weighted by atomic mass is 16.2. The Kier molecular flexibility index (Phi) is 4.75. The first kappa shape index (κ1) is 16.6. The molecule has 5 heteroatoms. The van der Waals surface area contributed by atoms with Crippen LogP contribution in [-0.4, -0.2) is 16.8 Å². The Balaban J connectivity index is 1.71. The number of nitrogens with zero attached hydrogens (tertiary/aromatic N) is 1. The molecule has 0 spiro atoms. The average Bonchev–Trinajstić information content (AvgIpc) is 2.61. The molecule has 1 aromatic heterocycles. The predicted octanol–water partition coefficient (Wildman–Crippen LogP) is 3.11. The molecule has 0 bridgehead atoms. The molecule has 0 unspecified atom stereocenters. The number of carbonyl (C=O) groups excluding carboxylic acids is 2. The molecule has 0 fully saturated rings. The number of nitrogens with one attached hydrogen (secondary N) is 2. The van der Waals surface area contributed by atoms with Gasteiger partial charge in [0.15, 0.2) is 0 Å². The van der Waals surface area contributed by atoms with Gasteiger partial charge in [0.1, 0.15) is 0 Å². The largest absolute Gasteiger partial charge is 0.344 e. The summed E-state index contributed by atoms with van der Waals surface area (Å²) >= 11 is 0. The molecule has 0 aliphatic carbocycles. The first-order chi connectivity index (χ1) is 12.0. The second kappa shape index (κ2) is 7.13. The van der Waals surface area contributed by atoms with Crippen LogP contribution < -0.4 is 10.6 Å². The van der Waals surface area contributed by atoms with E-state index in [-0.39, 0.29) is 0 Å². The van der Waals surface area contributed by atoms with Gasteiger partial charge < -0.3 is 10.6 Å². The first-order valence-electron chi connectivity index (χ1n) is 8.04. The van der Waals surface area contributed by atoms with Gasteiger partial charge in [-0.25, -0.2) is 0 Å². The maximum Gasteiger partial charge on any atom is 0.313 e. The number of amides is 2. The van der Waals surface area contributed by atoms with Crippen LogP contribution in [0.25, 0.3) is 10.9 Å². The van der Waals surface area contributed by atoms with E-state index < -0.39 is 11.8 Å². The molecule has 0 radical (unpaired) electrons. The maximum atomic E-state index is 12.2. The normalized spacial score (nSPS) is 10.5. The summed E-state index contributed by atoms with van der Waals surface area (Å²) in [6, 6.07) is 17.0. The highest BCUT2D eigenvalue weighted by Gasteiger charge is 2.15. The van der Waals surface area contributed by atoms with E-state index in [0.29, 0.717) is 17.7 Å². The van der Waals surface area contributed by atoms with Crippen LogP contribution in [0.1, 0.15) is 16.8 Å². The number of anilines is 1. The van der Waals surface area contributed by atoms with Gasteiger partial charge in [0.25, 0.3) is 0 Å². The van der Waals surface area contributed by atoms with Gasteiger partial charge in [-0.3, -0.25) is 14.6 Å². The average molecular weight is 333 g/mol. The third kappa shape index (κ3) is 3.83. The maximum absolute atomic E-state index is 12.2. The number of benzene rings is 2. The van der Waals surface area contributed by atoms with E-state index in [4.69, 9.17) is 0 Å². The summed E-state index contributed by atoms with van der Waals surface area (Å²) in [5.41, 5.74) is 4.08. The lowest BCUT2D eigenvalue weighted by Gasteiger charge is -2.10. The molecule has 2 amide bonds. The molecule has 3 aromatic rings. The molecule has 2 N–H and O–H groups in total. The van der Waals surface area contributed by atoms with Gasteiger partial charge in [-0.05, 0) is 37.1 Å². The molecule has 0 aliphatic heterocycles. The quantitative estimate of drug-likeness (QED) is 0.724. The summed E-state index contributed by atoms with van der Waals surface area (Å²) in [5, 5.41) is 6.20. The van der Waals surface area contributed by atoms with Crippen molar-refractivity contribution in [2.24, 2.45) is 0 Å². The number of hydrogen-bond acceptors (Lipinski definition) is 3. The van der Waals surface area contributed by atoms with Crippen molar-refractivity contribution in [3.8, 4) is 0 Å². The topological polar surface area (TPSA) is 71.1 Å². The van der Waals surface area contributed by atoms with E-state index in [1.807, 2.05) is 62.4 Å². The van der Waals surface area contributed by atoms with E-state index in [9.17, 15) is 9.59 Å². The lowest BCUT2D eigenvalue weighted by atomic mass is 10.1. The zero-order valence-corrected chi connectivity index (χ0v) is 14.2. The van der Waals surface area contributed by atoms with E-state index in [0.717, 1.165) is 22.2 Å². The fourth-order valence-corrected chi connectivity index (χ4v) is 2.59. The standard InChI is InChI=1S/C20H19N3O2/c1-13-6-3-4-7-16(13)12-21-19(24)20(25)23-17-9-5-8-15-11-10-14(2)22-18(15)17/h3-11H,12H2,1-2H3,(H,21,24)(H,23,25). The fourth-order valence-electron chi connectivity index (χ4n) is 2.59. The Morgan fingerprint density at radius 3 is 2.52 bits per heavy atom. The number of aromatic nitrogens is 1. The number of pyridine rings is 1. The Morgan fingerprint density at radius 2 is 1.72 bits per heavy atom. The first-order valence-corrected chi connectivity index (χ1v) is 8.04. The van der Waals surface area contributed by atoms with Gasteiger partial charge in [0.05, 0.1) is 11.2 Å². The predicted molar refractivity (Wildman–Crippen MR) is 98.1 cm³/mol. The Hall–Kier alpha value is -3.21. The highest BCUT2D eigenvalue weighted by molar-refractivity contribution is 6.40. The third-order valence-electron chi connectivity index (χ3n) is 4.01. The Labute approximate surface area is 146 Å². The molecule has 1 heterocycles. The van der Waals surface area contributed by atoms with Gasteiger partial charge >= 0.3 is 11.8 Å². The van der Waals surface area contributed by atoms with Crippen molar-refractivity contribution >= 4 is 28.4 Å². The molecule has 126 valence electrons. The monoisotopic (exact) mass is 333 g/mol. The van der Waals surface area contributed by atoms with Crippen LogP contribution in [-0.2, 0) is 16.1 Å². The van der Waals surface area contributed by atoms with Crippen molar-refractivity contribution in [2.75, 3.05) is 5.32 Å². The summed E-state index contributed by atoms with van der Waals surface area (Å²) in [4.78, 5) is 28.7. The van der Waals surface area contributed by atoms with Crippen LogP contribution in [0.4, 0.5) is 5.69 Å². The number of para-hydroxylation sites is 1. The molecule has 2 aromatic carbocycles. The molecular formula is C20H19N3O2. The minimum Gasteiger partial charge on any atom is -0.344 e. The fraction of sp³-hybridized carbons (Fsp3) is 0.150. The van der Waals surface area contributed by atoms with Gasteiger partial charge in [-0.2, -0.15) is 0 Å². The lowest BCUT2D eigenvalue weighted by molar-refractivity contribution is -0.136. The van der Waals surface area contributed by atoms with E-state index >= 15 is 0 Å². The van der Waals surface area contributed by atoms with Crippen LogP contribution in [0.3, 0.4) is 0 Å². The summed E-state index contributed by atoms with van der Waals surface area (Å²) in [5.74, 6) is -1.38. The second-order valence-electron chi connectivity index (χ2n) is 5.89. The smallest absolute Gasteiger partial charge is 0.313 e. The second-order valence-corrected chi connectivity index (χ2v) is 5.89. The Morgan fingerprint density at radius 1 is 0.920 bits per heavy atom. The zero-order chi connectivity index (χ0) is 17.8. The van der Waals surface area contributed by atoms with E-state index in [2.05, 4.69) is 15.6 Å². The highest BCUT2D eigenvalue weighted by Crippen LogP contribution is 2.21. The molecular weight excluding hydrogens is 314 g/mol. The molecule has 5 nitrogen and oxygen atoms in total. The number of hydrogen-bond donors (Lipinski definition) is 2. The van der Waals surface area contributed by atoms with Crippen molar-refractivity contribution in [1.82, 2.24) is 10.3 Å². The number of carbonyl (C=O) groups is 2. The SMILES string of the molecule is Cc1ccc2cccc(NC(=O)C(=O)NCc3ccccc3C)c2n1. The van der Waals surface area contributed by atoms with Crippen molar-refractivity contribution in [1.29, 1.82) is 0 Å². The van der Waals surface area contributed by atoms with Crippen molar-refractivity contribution in [2.45, 2.75) is 20.4 Å². The van der Waals surface area contributed by atoms with E-state index in [1.165, 1.54) is 0 Å². The molecule has 25 heavy (non-hydrogen) atoms. The third-order valence-corrected chi connectivity index (χ3v) is 4.01. The van der Waals surface area contributed by atoms with Crippen LogP contribution >= 0.6 is 0 Å². The Bertz CT molecular complexity index is 951. The van der Waals surface area contributed by atoms with E-state index in [1.54, 1.807) is 6.07 Å². The van der Waals surface area contributed by atoms with Crippen molar-refractivity contribution < 1.29 is 9.59 Å². The van der Waals surface area contributed by atoms with Gasteiger partial charge in [-0.1, -0.05) is 42.5 Å². The van der Waals surface area contributed by atoms with Gasteiger partial charge in [0, 0.05) is 17.6 Å². The van der Waals surface area contributed by atoms with Crippen molar-refractivity contribution in [3.05, 3.63) is 71.4 Å². The summed E-state index contributed by atoms with van der Waals surface area (Å²) in [6.45, 7) is 4.16. The number of rotatable bonds is 3. The summed E-state index contributed by atoms with van der Waals surface area (Å²) < 4.78 is 0. The zero-order valence-electron chi connectivity index (χ0n) is 14.2. The molecule has 0 atom stereocenters. The van der Waals surface area contributed by atoms with Crippen molar-refractivity contribution in [3.63, 3.8) is 0 Å². The molecule has 0 aliphatic rings. The number of fused-ring (bicyclic) bond motifs is 1. The van der Waals surface area contributed by atoms with Crippen LogP contribution in [0.5, 0.6) is 0 Å². The minimum absolute atomic E-state index is 0.311. The minimum atomic E-state index is -0.704. The summed E-state index contributed by atoms with van der Waals surface area (Å²) in [6.07, 6.45) is 0. The molecule has 3 rings (SSSR count). The summed E-state index contributed by atoms with van der Waals surface area (Å²) in [7, 11) is 0. The van der Waals surface area contributed by atoms with Crippen LogP contribution in [0.2, 0.25) is 0 Å². The van der Waals surface area contributed by atoms with Crippen LogP contribution in [0, 0.1) is 13.8 Å². The van der Waals surface area contributed by atoms with Gasteiger partial charge in [-0.15, -0.1) is 0 Å². The lowest BCUT2D eigenvalue weighted by Crippen LogP contribution is -2.35. The molecule has 0 saturated heterocycles. The van der Waals surface area contributed by atoms with Gasteiger partial charge in [0.2, 0.25) is 0 Å². The molecule has 0 saturated carbocycles. The number of aryl methyl sites for hydroxylation is 2.